The van der Waals surface area contributed by atoms with Crippen LogP contribution in [0.5, 0.6) is 5.75 Å². The molecule has 1 amide bonds. The molecular weight excluding hydrogens is 266 g/mol. The van der Waals surface area contributed by atoms with Gasteiger partial charge < -0.3 is 15.8 Å². The number of hydrogen-bond donors (Lipinski definition) is 2. The Morgan fingerprint density at radius 3 is 2.67 bits per heavy atom. The second-order valence-corrected chi connectivity index (χ2v) is 6.36. The molecule has 1 unspecified atom stereocenters. The summed E-state index contributed by atoms with van der Waals surface area (Å²) in [5.41, 5.74) is 7.45. The van der Waals surface area contributed by atoms with E-state index in [0.717, 1.165) is 17.8 Å². The van der Waals surface area contributed by atoms with Crippen molar-refractivity contribution in [3.63, 3.8) is 0 Å². The Morgan fingerprint density at radius 1 is 1.43 bits per heavy atom. The van der Waals surface area contributed by atoms with E-state index in [4.69, 9.17) is 10.5 Å². The van der Waals surface area contributed by atoms with Crippen molar-refractivity contribution < 1.29 is 9.53 Å². The number of rotatable bonds is 6. The smallest absolute Gasteiger partial charge is 0.258 e. The number of nitrogens with one attached hydrogen (secondary N) is 1. The van der Waals surface area contributed by atoms with Gasteiger partial charge in [-0.2, -0.15) is 0 Å². The fourth-order valence-electron chi connectivity index (χ4n) is 1.87. The van der Waals surface area contributed by atoms with Gasteiger partial charge in [0.05, 0.1) is 5.69 Å². The highest BCUT2D eigenvalue weighted by atomic mass is 16.5. The average molecular weight is 293 g/mol. The van der Waals surface area contributed by atoms with Crippen LogP contribution in [0.15, 0.2) is 12.1 Å². The van der Waals surface area contributed by atoms with Gasteiger partial charge in [0.15, 0.2) is 6.61 Å². The molecule has 0 aliphatic rings. The van der Waals surface area contributed by atoms with E-state index in [1.54, 1.807) is 0 Å². The molecule has 0 aliphatic heterocycles. The number of carbonyl (C=O) groups is 1. The van der Waals surface area contributed by atoms with Gasteiger partial charge in [-0.1, -0.05) is 6.92 Å². The zero-order chi connectivity index (χ0) is 16.0. The first kappa shape index (κ1) is 17.4. The predicted molar refractivity (Wildman–Crippen MR) is 84.3 cm³/mol. The van der Waals surface area contributed by atoms with E-state index < -0.39 is 0 Å². The molecule has 118 valence electrons. The topological polar surface area (TPSA) is 77.2 Å². The van der Waals surface area contributed by atoms with E-state index in [9.17, 15) is 4.79 Å². The maximum atomic E-state index is 11.8. The van der Waals surface area contributed by atoms with Gasteiger partial charge in [-0.3, -0.25) is 9.78 Å². The Morgan fingerprint density at radius 2 is 2.10 bits per heavy atom. The standard InChI is InChI=1S/C16H27N3O2/c1-6-12(17)9-13-14(8-7-11(2)18-13)21-10-15(20)19-16(3,4)5/h7-8,12H,6,9-10,17H2,1-5H3,(H,19,20). The maximum Gasteiger partial charge on any atom is 0.258 e. The van der Waals surface area contributed by atoms with Crippen LogP contribution in [-0.4, -0.2) is 29.1 Å². The van der Waals surface area contributed by atoms with Crippen LogP contribution in [0.1, 0.15) is 45.5 Å². The first-order valence-corrected chi connectivity index (χ1v) is 7.37. The highest BCUT2D eigenvalue weighted by molar-refractivity contribution is 5.78. The summed E-state index contributed by atoms with van der Waals surface area (Å²) in [6.07, 6.45) is 1.52. The SMILES string of the molecule is CCC(N)Cc1nc(C)ccc1OCC(=O)NC(C)(C)C. The summed E-state index contributed by atoms with van der Waals surface area (Å²) in [5, 5.41) is 2.86. The molecule has 1 aromatic heterocycles. The number of ether oxygens (including phenoxy) is 1. The summed E-state index contributed by atoms with van der Waals surface area (Å²) < 4.78 is 5.62. The molecule has 5 heteroatoms. The van der Waals surface area contributed by atoms with Gasteiger partial charge in [0.25, 0.3) is 5.91 Å². The second kappa shape index (κ2) is 7.41. The van der Waals surface area contributed by atoms with Gasteiger partial charge in [-0.15, -0.1) is 0 Å². The van der Waals surface area contributed by atoms with E-state index >= 15 is 0 Å². The molecule has 0 aliphatic carbocycles. The minimum atomic E-state index is -0.265. The van der Waals surface area contributed by atoms with Crippen LogP contribution in [0.4, 0.5) is 0 Å². The number of hydrogen-bond acceptors (Lipinski definition) is 4. The summed E-state index contributed by atoms with van der Waals surface area (Å²) in [6, 6.07) is 3.77. The monoisotopic (exact) mass is 293 g/mol. The van der Waals surface area contributed by atoms with Crippen molar-refractivity contribution in [2.75, 3.05) is 6.61 Å². The van der Waals surface area contributed by atoms with Gasteiger partial charge in [0.1, 0.15) is 5.75 Å². The number of nitrogens with two attached hydrogens (primary N) is 1. The molecule has 1 rings (SSSR count). The lowest BCUT2D eigenvalue weighted by Gasteiger charge is -2.21. The zero-order valence-corrected chi connectivity index (χ0v) is 13.7. The van der Waals surface area contributed by atoms with E-state index in [0.29, 0.717) is 12.2 Å². The fourth-order valence-corrected chi connectivity index (χ4v) is 1.87. The van der Waals surface area contributed by atoms with Crippen molar-refractivity contribution in [1.82, 2.24) is 10.3 Å². The third-order valence-electron chi connectivity index (χ3n) is 2.92. The maximum absolute atomic E-state index is 11.8. The largest absolute Gasteiger partial charge is 0.482 e. The molecule has 0 saturated heterocycles. The number of aryl methyl sites for hydroxylation is 1. The van der Waals surface area contributed by atoms with Crippen LogP contribution >= 0.6 is 0 Å². The summed E-state index contributed by atoms with van der Waals surface area (Å²) in [5.74, 6) is 0.488. The molecular formula is C16H27N3O2. The first-order valence-electron chi connectivity index (χ1n) is 7.37. The Bertz CT molecular complexity index is 481. The molecule has 0 saturated carbocycles. The van der Waals surface area contributed by atoms with Gasteiger partial charge in [-0.25, -0.2) is 0 Å². The van der Waals surface area contributed by atoms with E-state index in [1.807, 2.05) is 46.8 Å². The molecule has 5 nitrogen and oxygen atoms in total. The minimum Gasteiger partial charge on any atom is -0.482 e. The lowest BCUT2D eigenvalue weighted by atomic mass is 10.1. The Labute approximate surface area is 127 Å². The molecule has 0 aromatic carbocycles. The van der Waals surface area contributed by atoms with Gasteiger partial charge in [0, 0.05) is 23.7 Å². The Kier molecular flexibility index (Phi) is 6.15. The van der Waals surface area contributed by atoms with E-state index in [1.165, 1.54) is 0 Å². The second-order valence-electron chi connectivity index (χ2n) is 6.36. The fraction of sp³-hybridized carbons (Fsp3) is 0.625. The van der Waals surface area contributed by atoms with Crippen LogP contribution < -0.4 is 15.8 Å². The normalized spacial score (nSPS) is 12.9. The highest BCUT2D eigenvalue weighted by Gasteiger charge is 2.15. The molecule has 3 N–H and O–H groups in total. The number of carbonyl (C=O) groups excluding carboxylic acids is 1. The molecule has 1 atom stereocenters. The van der Waals surface area contributed by atoms with Crippen molar-refractivity contribution in [1.29, 1.82) is 0 Å². The Balaban J connectivity index is 2.72. The lowest BCUT2D eigenvalue weighted by Crippen LogP contribution is -2.43. The van der Waals surface area contributed by atoms with Crippen molar-refractivity contribution in [2.24, 2.45) is 5.73 Å². The third kappa shape index (κ3) is 6.58. The highest BCUT2D eigenvalue weighted by Crippen LogP contribution is 2.19. The van der Waals surface area contributed by atoms with Gasteiger partial charge >= 0.3 is 0 Å². The van der Waals surface area contributed by atoms with Gasteiger partial charge in [0.2, 0.25) is 0 Å². The average Bonchev–Trinajstić information content (AvgIpc) is 2.35. The molecule has 0 radical (unpaired) electrons. The number of amides is 1. The van der Waals surface area contributed by atoms with Crippen molar-refractivity contribution in [3.8, 4) is 5.75 Å². The summed E-state index contributed by atoms with van der Waals surface area (Å²) in [4.78, 5) is 16.3. The molecule has 1 aromatic rings. The van der Waals surface area contributed by atoms with Crippen LogP contribution in [0.2, 0.25) is 0 Å². The summed E-state index contributed by atoms with van der Waals surface area (Å²) in [7, 11) is 0. The van der Waals surface area contributed by atoms with Crippen molar-refractivity contribution >= 4 is 5.91 Å². The quantitative estimate of drug-likeness (QED) is 0.840. The van der Waals surface area contributed by atoms with E-state index in [2.05, 4.69) is 10.3 Å². The molecule has 0 fully saturated rings. The Hall–Kier alpha value is -1.62. The van der Waals surface area contributed by atoms with Crippen LogP contribution in [0.25, 0.3) is 0 Å². The molecule has 0 bridgehead atoms. The number of pyridine rings is 1. The van der Waals surface area contributed by atoms with Crippen LogP contribution in [0, 0.1) is 6.92 Å². The van der Waals surface area contributed by atoms with Crippen molar-refractivity contribution in [2.45, 2.75) is 59.0 Å². The third-order valence-corrected chi connectivity index (χ3v) is 2.92. The van der Waals surface area contributed by atoms with Crippen LogP contribution in [-0.2, 0) is 11.2 Å². The summed E-state index contributed by atoms with van der Waals surface area (Å²) in [6.45, 7) is 9.75. The number of aromatic nitrogens is 1. The molecule has 21 heavy (non-hydrogen) atoms. The lowest BCUT2D eigenvalue weighted by molar-refractivity contribution is -0.124. The number of nitrogens with zero attached hydrogens (tertiary/aromatic N) is 1. The minimum absolute atomic E-state index is 0.0175. The van der Waals surface area contributed by atoms with Gasteiger partial charge in [-0.05, 0) is 46.2 Å². The van der Waals surface area contributed by atoms with Crippen LogP contribution in [0.3, 0.4) is 0 Å². The summed E-state index contributed by atoms with van der Waals surface area (Å²) >= 11 is 0. The molecule has 0 spiro atoms. The predicted octanol–water partition coefficient (Wildman–Crippen LogP) is 1.96. The van der Waals surface area contributed by atoms with E-state index in [-0.39, 0.29) is 24.1 Å². The molecule has 1 heterocycles. The zero-order valence-electron chi connectivity index (χ0n) is 13.7. The first-order chi connectivity index (χ1) is 9.71. The van der Waals surface area contributed by atoms with Crippen molar-refractivity contribution in [3.05, 3.63) is 23.5 Å².